The number of carbonyl (C=O) groups excluding carboxylic acids is 1. The van der Waals surface area contributed by atoms with Gasteiger partial charge in [-0.2, -0.15) is 0 Å². The SMILES string of the molecule is CN1CC=NC=CC1=O. The van der Waals surface area contributed by atoms with E-state index in [1.807, 2.05) is 0 Å². The van der Waals surface area contributed by atoms with Gasteiger partial charge < -0.3 is 4.90 Å². The van der Waals surface area contributed by atoms with Crippen LogP contribution in [-0.2, 0) is 4.79 Å². The first-order valence-electron chi connectivity index (χ1n) is 2.74. The Balaban J connectivity index is 2.69. The van der Waals surface area contributed by atoms with Crippen molar-refractivity contribution in [1.29, 1.82) is 0 Å². The van der Waals surface area contributed by atoms with Gasteiger partial charge in [0, 0.05) is 25.5 Å². The van der Waals surface area contributed by atoms with E-state index < -0.39 is 0 Å². The van der Waals surface area contributed by atoms with E-state index in [2.05, 4.69) is 4.99 Å². The van der Waals surface area contributed by atoms with Gasteiger partial charge in [-0.05, 0) is 0 Å². The van der Waals surface area contributed by atoms with Gasteiger partial charge in [-0.15, -0.1) is 0 Å². The molecule has 1 amide bonds. The van der Waals surface area contributed by atoms with Gasteiger partial charge in [0.05, 0.1) is 6.54 Å². The molecule has 0 bridgehead atoms. The number of hydrogen-bond donors (Lipinski definition) is 0. The van der Waals surface area contributed by atoms with Gasteiger partial charge in [0.1, 0.15) is 0 Å². The van der Waals surface area contributed by atoms with Crippen LogP contribution in [0.5, 0.6) is 0 Å². The molecule has 9 heavy (non-hydrogen) atoms. The molecule has 0 saturated heterocycles. The Kier molecular flexibility index (Phi) is 1.63. The van der Waals surface area contributed by atoms with Crippen LogP contribution in [0.25, 0.3) is 0 Å². The molecule has 0 aromatic carbocycles. The van der Waals surface area contributed by atoms with E-state index in [0.29, 0.717) is 6.54 Å². The number of carbonyl (C=O) groups is 1. The van der Waals surface area contributed by atoms with Gasteiger partial charge in [0.25, 0.3) is 0 Å². The van der Waals surface area contributed by atoms with Crippen molar-refractivity contribution in [3.8, 4) is 0 Å². The number of likely N-dealkylation sites (N-methyl/N-ethyl adjacent to an activating group) is 1. The lowest BCUT2D eigenvalue weighted by molar-refractivity contribution is -0.124. The molecule has 0 aliphatic carbocycles. The van der Waals surface area contributed by atoms with E-state index in [1.54, 1.807) is 18.2 Å². The van der Waals surface area contributed by atoms with Crippen LogP contribution in [0.4, 0.5) is 0 Å². The molecule has 0 radical (unpaired) electrons. The van der Waals surface area contributed by atoms with Crippen molar-refractivity contribution < 1.29 is 4.79 Å². The molecule has 1 rings (SSSR count). The molecule has 0 saturated carbocycles. The smallest absolute Gasteiger partial charge is 0.248 e. The van der Waals surface area contributed by atoms with E-state index in [4.69, 9.17) is 0 Å². The van der Waals surface area contributed by atoms with Crippen molar-refractivity contribution in [2.45, 2.75) is 0 Å². The molecule has 0 spiro atoms. The molecule has 1 aliphatic heterocycles. The predicted octanol–water partition coefficient (Wildman–Crippen LogP) is 0.0429. The Hall–Kier alpha value is -1.12. The van der Waals surface area contributed by atoms with Crippen LogP contribution in [-0.4, -0.2) is 30.6 Å². The molecule has 0 unspecified atom stereocenters. The lowest BCUT2D eigenvalue weighted by Crippen LogP contribution is -2.25. The molecule has 0 atom stereocenters. The number of amides is 1. The van der Waals surface area contributed by atoms with E-state index in [1.165, 1.54) is 12.3 Å². The summed E-state index contributed by atoms with van der Waals surface area (Å²) in [6.45, 7) is 0.603. The molecular weight excluding hydrogens is 116 g/mol. The summed E-state index contributed by atoms with van der Waals surface area (Å²) < 4.78 is 0. The summed E-state index contributed by atoms with van der Waals surface area (Å²) in [5, 5.41) is 0. The summed E-state index contributed by atoms with van der Waals surface area (Å²) in [4.78, 5) is 16.2. The van der Waals surface area contributed by atoms with Gasteiger partial charge in [0.2, 0.25) is 5.91 Å². The van der Waals surface area contributed by atoms with Crippen LogP contribution < -0.4 is 0 Å². The molecule has 0 aromatic heterocycles. The van der Waals surface area contributed by atoms with Crippen LogP contribution >= 0.6 is 0 Å². The topological polar surface area (TPSA) is 32.7 Å². The second kappa shape index (κ2) is 2.44. The van der Waals surface area contributed by atoms with Gasteiger partial charge in [-0.3, -0.25) is 9.79 Å². The highest BCUT2D eigenvalue weighted by Crippen LogP contribution is 1.89. The predicted molar refractivity (Wildman–Crippen MR) is 35.3 cm³/mol. The Labute approximate surface area is 53.7 Å². The molecule has 3 heteroatoms. The summed E-state index contributed by atoms with van der Waals surface area (Å²) >= 11 is 0. The second-order valence-corrected chi connectivity index (χ2v) is 1.87. The van der Waals surface area contributed by atoms with Crippen LogP contribution in [0.15, 0.2) is 17.3 Å². The van der Waals surface area contributed by atoms with Gasteiger partial charge in [-0.25, -0.2) is 0 Å². The maximum Gasteiger partial charge on any atom is 0.248 e. The summed E-state index contributed by atoms with van der Waals surface area (Å²) in [5.41, 5.74) is 0. The van der Waals surface area contributed by atoms with Crippen molar-refractivity contribution in [2.75, 3.05) is 13.6 Å². The van der Waals surface area contributed by atoms with Crippen molar-refractivity contribution in [3.05, 3.63) is 12.3 Å². The highest BCUT2D eigenvalue weighted by Gasteiger charge is 2.02. The Bertz CT molecular complexity index is 172. The maximum atomic E-state index is 10.8. The molecule has 0 fully saturated rings. The molecule has 0 N–H and O–H groups in total. The highest BCUT2D eigenvalue weighted by molar-refractivity contribution is 5.90. The largest absolute Gasteiger partial charge is 0.337 e. The number of hydrogen-bond acceptors (Lipinski definition) is 2. The minimum atomic E-state index is 0.00694. The standard InChI is InChI=1S/C6H8N2O/c1-8-5-4-7-3-2-6(8)9/h2-4H,5H2,1H3. The first-order chi connectivity index (χ1) is 4.30. The van der Waals surface area contributed by atoms with Crippen molar-refractivity contribution in [2.24, 2.45) is 4.99 Å². The van der Waals surface area contributed by atoms with E-state index in [0.717, 1.165) is 0 Å². The summed E-state index contributed by atoms with van der Waals surface area (Å²) in [5.74, 6) is 0.00694. The van der Waals surface area contributed by atoms with Crippen LogP contribution in [0, 0.1) is 0 Å². The van der Waals surface area contributed by atoms with Crippen molar-refractivity contribution >= 4 is 12.1 Å². The van der Waals surface area contributed by atoms with E-state index in [-0.39, 0.29) is 5.91 Å². The lowest BCUT2D eigenvalue weighted by atomic mass is 10.5. The number of rotatable bonds is 0. The summed E-state index contributed by atoms with van der Waals surface area (Å²) in [7, 11) is 1.74. The molecule has 3 nitrogen and oxygen atoms in total. The second-order valence-electron chi connectivity index (χ2n) is 1.87. The molecule has 0 aromatic rings. The highest BCUT2D eigenvalue weighted by atomic mass is 16.2. The van der Waals surface area contributed by atoms with Crippen LogP contribution in [0.3, 0.4) is 0 Å². The van der Waals surface area contributed by atoms with Gasteiger partial charge in [0.15, 0.2) is 0 Å². The fourth-order valence-corrected chi connectivity index (χ4v) is 0.554. The zero-order valence-electron chi connectivity index (χ0n) is 5.24. The Morgan fingerprint density at radius 3 is 3.33 bits per heavy atom. The third-order valence-electron chi connectivity index (χ3n) is 1.14. The van der Waals surface area contributed by atoms with E-state index >= 15 is 0 Å². The normalized spacial score (nSPS) is 18.3. The zero-order chi connectivity index (χ0) is 6.69. The third kappa shape index (κ3) is 1.38. The fraction of sp³-hybridized carbons (Fsp3) is 0.333. The van der Waals surface area contributed by atoms with Crippen molar-refractivity contribution in [3.63, 3.8) is 0 Å². The minimum Gasteiger partial charge on any atom is -0.337 e. The number of nitrogens with zero attached hydrogens (tertiary/aromatic N) is 2. The first-order valence-corrected chi connectivity index (χ1v) is 2.74. The Morgan fingerprint density at radius 2 is 2.56 bits per heavy atom. The third-order valence-corrected chi connectivity index (χ3v) is 1.14. The monoisotopic (exact) mass is 124 g/mol. The molecule has 1 aliphatic rings. The molecule has 1 heterocycles. The Morgan fingerprint density at radius 1 is 1.78 bits per heavy atom. The summed E-state index contributed by atoms with van der Waals surface area (Å²) in [6, 6.07) is 0. The first kappa shape index (κ1) is 6.01. The van der Waals surface area contributed by atoms with E-state index in [9.17, 15) is 4.79 Å². The number of aliphatic imine (C=N–C) groups is 1. The minimum absolute atomic E-state index is 0.00694. The fourth-order valence-electron chi connectivity index (χ4n) is 0.554. The van der Waals surface area contributed by atoms with Gasteiger partial charge in [-0.1, -0.05) is 0 Å². The average Bonchev–Trinajstić information content (AvgIpc) is 1.99. The van der Waals surface area contributed by atoms with Crippen LogP contribution in [0.2, 0.25) is 0 Å². The summed E-state index contributed by atoms with van der Waals surface area (Å²) in [6.07, 6.45) is 4.65. The zero-order valence-corrected chi connectivity index (χ0v) is 5.24. The molecular formula is C6H8N2O. The van der Waals surface area contributed by atoms with Gasteiger partial charge >= 0.3 is 0 Å². The lowest BCUT2D eigenvalue weighted by Gasteiger charge is -2.08. The van der Waals surface area contributed by atoms with Crippen molar-refractivity contribution in [1.82, 2.24) is 4.90 Å². The van der Waals surface area contributed by atoms with Crippen LogP contribution in [0.1, 0.15) is 0 Å². The maximum absolute atomic E-state index is 10.8. The quantitative estimate of drug-likeness (QED) is 0.449. The average molecular weight is 124 g/mol. The molecule has 48 valence electrons.